The Kier molecular flexibility index (Phi) is 4.93. The van der Waals surface area contributed by atoms with Crippen LogP contribution in [0.25, 0.3) is 11.0 Å². The summed E-state index contributed by atoms with van der Waals surface area (Å²) in [6, 6.07) is 4.63. The van der Waals surface area contributed by atoms with E-state index in [1.807, 2.05) is 4.57 Å². The molecule has 0 aliphatic rings. The van der Waals surface area contributed by atoms with E-state index in [2.05, 4.69) is 11.9 Å². The van der Waals surface area contributed by atoms with Crippen LogP contribution in [0.5, 0.6) is 0 Å². The van der Waals surface area contributed by atoms with Crippen LogP contribution in [0, 0.1) is 0 Å². The van der Waals surface area contributed by atoms with Gasteiger partial charge < -0.3 is 19.5 Å². The molecule has 0 saturated heterocycles. The molecule has 114 valence electrons. The third-order valence-electron chi connectivity index (χ3n) is 3.42. The maximum absolute atomic E-state index is 11.1. The molecule has 2 aromatic rings. The molecular formula is C15H20N2O4. The van der Waals surface area contributed by atoms with Crippen molar-refractivity contribution >= 4 is 17.0 Å². The van der Waals surface area contributed by atoms with Gasteiger partial charge in [0.05, 0.1) is 35.9 Å². The first-order valence-corrected chi connectivity index (χ1v) is 6.96. The number of aromatic carboxylic acids is 1. The van der Waals surface area contributed by atoms with E-state index in [4.69, 9.17) is 9.84 Å². The van der Waals surface area contributed by atoms with Gasteiger partial charge in [-0.2, -0.15) is 0 Å². The number of imidazole rings is 1. The fourth-order valence-corrected chi connectivity index (χ4v) is 2.49. The maximum Gasteiger partial charge on any atom is 0.335 e. The Balaban J connectivity index is 2.59. The van der Waals surface area contributed by atoms with E-state index in [9.17, 15) is 9.90 Å². The number of nitrogens with zero attached hydrogens (tertiary/aromatic N) is 2. The Bertz CT molecular complexity index is 636. The largest absolute Gasteiger partial charge is 0.478 e. The molecule has 1 aromatic heterocycles. The number of hydrogen-bond acceptors (Lipinski definition) is 4. The Labute approximate surface area is 123 Å². The lowest BCUT2D eigenvalue weighted by Crippen LogP contribution is -2.20. The van der Waals surface area contributed by atoms with Gasteiger partial charge >= 0.3 is 5.97 Å². The fourth-order valence-electron chi connectivity index (χ4n) is 2.49. The number of ether oxygens (including phenoxy) is 1. The van der Waals surface area contributed by atoms with Gasteiger partial charge in [-0.05, 0) is 24.6 Å². The lowest BCUT2D eigenvalue weighted by atomic mass is 10.2. The minimum absolute atomic E-state index is 0.0588. The van der Waals surface area contributed by atoms with Crippen molar-refractivity contribution in [2.45, 2.75) is 25.8 Å². The van der Waals surface area contributed by atoms with Gasteiger partial charge in [-0.1, -0.05) is 6.92 Å². The number of methoxy groups -OCH3 is 1. The zero-order chi connectivity index (χ0) is 15.4. The highest BCUT2D eigenvalue weighted by Gasteiger charge is 2.19. The number of aromatic nitrogens is 2. The molecule has 2 rings (SSSR count). The normalized spacial score (nSPS) is 12.7. The Morgan fingerprint density at radius 2 is 2.24 bits per heavy atom. The number of carboxylic acids is 1. The van der Waals surface area contributed by atoms with E-state index in [1.165, 1.54) is 0 Å². The molecule has 0 aliphatic heterocycles. The number of aryl methyl sites for hydroxylation is 1. The highest BCUT2D eigenvalue weighted by atomic mass is 16.5. The number of benzene rings is 1. The van der Waals surface area contributed by atoms with Gasteiger partial charge in [0.25, 0.3) is 0 Å². The van der Waals surface area contributed by atoms with E-state index < -0.39 is 5.97 Å². The number of rotatable bonds is 7. The second-order valence-corrected chi connectivity index (χ2v) is 4.95. The quantitative estimate of drug-likeness (QED) is 0.813. The summed E-state index contributed by atoms with van der Waals surface area (Å²) >= 11 is 0. The van der Waals surface area contributed by atoms with Crippen LogP contribution in [0.1, 0.15) is 35.6 Å². The zero-order valence-electron chi connectivity index (χ0n) is 12.2. The Morgan fingerprint density at radius 1 is 1.48 bits per heavy atom. The third-order valence-corrected chi connectivity index (χ3v) is 3.42. The fraction of sp³-hybridized carbons (Fsp3) is 0.467. The molecule has 1 heterocycles. The molecule has 1 unspecified atom stereocenters. The molecule has 1 aromatic carbocycles. The van der Waals surface area contributed by atoms with Gasteiger partial charge in [-0.25, -0.2) is 9.78 Å². The van der Waals surface area contributed by atoms with Crippen molar-refractivity contribution in [1.29, 1.82) is 0 Å². The monoisotopic (exact) mass is 292 g/mol. The van der Waals surface area contributed by atoms with Gasteiger partial charge in [0.2, 0.25) is 0 Å². The van der Waals surface area contributed by atoms with Gasteiger partial charge in [0.15, 0.2) is 0 Å². The van der Waals surface area contributed by atoms with Crippen molar-refractivity contribution in [3.63, 3.8) is 0 Å². The van der Waals surface area contributed by atoms with Crippen molar-refractivity contribution in [2.24, 2.45) is 0 Å². The Hall–Kier alpha value is -1.92. The number of hydrogen-bond donors (Lipinski definition) is 2. The minimum atomic E-state index is -0.973. The van der Waals surface area contributed by atoms with Crippen LogP contribution in [0.2, 0.25) is 0 Å². The molecule has 6 heteroatoms. The first-order chi connectivity index (χ1) is 10.1. The van der Waals surface area contributed by atoms with Crippen molar-refractivity contribution < 1.29 is 19.7 Å². The molecular weight excluding hydrogens is 272 g/mol. The lowest BCUT2D eigenvalue weighted by Gasteiger charge is -2.19. The first kappa shape index (κ1) is 15.5. The van der Waals surface area contributed by atoms with E-state index in [1.54, 1.807) is 25.3 Å². The van der Waals surface area contributed by atoms with Gasteiger partial charge in [-0.15, -0.1) is 0 Å². The number of carbonyl (C=O) groups is 1. The van der Waals surface area contributed by atoms with Crippen LogP contribution in [0.4, 0.5) is 0 Å². The smallest absolute Gasteiger partial charge is 0.335 e. The molecule has 2 N–H and O–H groups in total. The number of aliphatic hydroxyl groups excluding tert-OH is 1. The predicted molar refractivity (Wildman–Crippen MR) is 78.7 cm³/mol. The summed E-state index contributed by atoms with van der Waals surface area (Å²) in [5.41, 5.74) is 1.66. The van der Waals surface area contributed by atoms with Crippen LogP contribution in [-0.2, 0) is 11.2 Å². The SMILES string of the molecule is CCCc1nc2cc(C(=O)O)ccc2n1C(CO)COC. The van der Waals surface area contributed by atoms with Crippen LogP contribution in [-0.4, -0.2) is 46.1 Å². The summed E-state index contributed by atoms with van der Waals surface area (Å²) in [5, 5.41) is 18.7. The van der Waals surface area contributed by atoms with Crippen molar-refractivity contribution in [3.05, 3.63) is 29.6 Å². The van der Waals surface area contributed by atoms with E-state index in [0.717, 1.165) is 24.2 Å². The number of carboxylic acid groups (broad SMARTS) is 1. The van der Waals surface area contributed by atoms with E-state index in [0.29, 0.717) is 12.1 Å². The van der Waals surface area contributed by atoms with Gasteiger partial charge in [0.1, 0.15) is 5.82 Å². The molecule has 0 saturated carbocycles. The van der Waals surface area contributed by atoms with Gasteiger partial charge in [0, 0.05) is 13.5 Å². The van der Waals surface area contributed by atoms with Crippen LogP contribution >= 0.6 is 0 Å². The van der Waals surface area contributed by atoms with Crippen molar-refractivity contribution in [1.82, 2.24) is 9.55 Å². The van der Waals surface area contributed by atoms with Crippen LogP contribution in [0.3, 0.4) is 0 Å². The summed E-state index contributed by atoms with van der Waals surface area (Å²) in [7, 11) is 1.59. The molecule has 0 fully saturated rings. The zero-order valence-corrected chi connectivity index (χ0v) is 12.2. The lowest BCUT2D eigenvalue weighted by molar-refractivity contribution is 0.0697. The second-order valence-electron chi connectivity index (χ2n) is 4.95. The molecule has 1 atom stereocenters. The number of aliphatic hydroxyl groups is 1. The average Bonchev–Trinajstić information content (AvgIpc) is 2.82. The van der Waals surface area contributed by atoms with Crippen LogP contribution < -0.4 is 0 Å². The summed E-state index contributed by atoms with van der Waals surface area (Å²) < 4.78 is 7.11. The molecule has 0 bridgehead atoms. The topological polar surface area (TPSA) is 84.6 Å². The van der Waals surface area contributed by atoms with Gasteiger partial charge in [-0.3, -0.25) is 0 Å². The summed E-state index contributed by atoms with van der Waals surface area (Å²) in [6.07, 6.45) is 1.68. The molecule has 0 amide bonds. The minimum Gasteiger partial charge on any atom is -0.478 e. The second kappa shape index (κ2) is 6.69. The predicted octanol–water partition coefficient (Wildman–Crippen LogP) is 1.87. The molecule has 6 nitrogen and oxygen atoms in total. The summed E-state index contributed by atoms with van der Waals surface area (Å²) in [5.74, 6) is -0.134. The van der Waals surface area contributed by atoms with Crippen LogP contribution in [0.15, 0.2) is 18.2 Å². The molecule has 0 spiro atoms. The standard InChI is InChI=1S/C15H20N2O4/c1-3-4-14-16-12-7-10(15(19)20)5-6-13(12)17(14)11(8-18)9-21-2/h5-7,11,18H,3-4,8-9H2,1-2H3,(H,19,20). The summed E-state index contributed by atoms with van der Waals surface area (Å²) in [4.78, 5) is 15.6. The average molecular weight is 292 g/mol. The van der Waals surface area contributed by atoms with Crippen molar-refractivity contribution in [3.8, 4) is 0 Å². The third kappa shape index (κ3) is 3.06. The first-order valence-electron chi connectivity index (χ1n) is 6.96. The maximum atomic E-state index is 11.1. The van der Waals surface area contributed by atoms with E-state index >= 15 is 0 Å². The molecule has 21 heavy (non-hydrogen) atoms. The highest BCUT2D eigenvalue weighted by Crippen LogP contribution is 2.23. The summed E-state index contributed by atoms with van der Waals surface area (Å²) in [6.45, 7) is 2.37. The molecule has 0 aliphatic carbocycles. The highest BCUT2D eigenvalue weighted by molar-refractivity contribution is 5.92. The van der Waals surface area contributed by atoms with E-state index in [-0.39, 0.29) is 18.2 Å². The van der Waals surface area contributed by atoms with Crippen molar-refractivity contribution in [2.75, 3.05) is 20.3 Å². The number of fused-ring (bicyclic) bond motifs is 1. The Morgan fingerprint density at radius 3 is 2.81 bits per heavy atom. The molecule has 0 radical (unpaired) electrons.